The Hall–Kier alpha value is -2.21. The molecule has 0 atom stereocenters. The molecule has 2 rings (SSSR count). The summed E-state index contributed by atoms with van der Waals surface area (Å²) >= 11 is 1.11. The molecule has 0 saturated heterocycles. The summed E-state index contributed by atoms with van der Waals surface area (Å²) < 4.78 is 4.65. The minimum atomic E-state index is -0.441. The second kappa shape index (κ2) is 6.29. The number of anilines is 1. The maximum absolute atomic E-state index is 11.9. The first-order valence-corrected chi connectivity index (χ1v) is 6.81. The second-order valence-electron chi connectivity index (χ2n) is 4.14. The lowest BCUT2D eigenvalue weighted by atomic mass is 10.1. The maximum Gasteiger partial charge on any atom is 0.350 e. The van der Waals surface area contributed by atoms with Gasteiger partial charge in [-0.3, -0.25) is 4.79 Å². The molecule has 1 heterocycles. The fourth-order valence-electron chi connectivity index (χ4n) is 1.68. The zero-order chi connectivity index (χ0) is 14.5. The van der Waals surface area contributed by atoms with E-state index < -0.39 is 5.97 Å². The predicted octanol–water partition coefficient (Wildman–Crippen LogP) is 2.42. The number of aromatic nitrogens is 1. The van der Waals surface area contributed by atoms with Crippen molar-refractivity contribution in [3.8, 4) is 0 Å². The molecule has 0 aliphatic rings. The van der Waals surface area contributed by atoms with Crippen molar-refractivity contribution in [1.29, 1.82) is 0 Å². The summed E-state index contributed by atoms with van der Waals surface area (Å²) in [6.07, 6.45) is 0.271. The number of ether oxygens (including phenoxy) is 1. The van der Waals surface area contributed by atoms with Crippen LogP contribution in [0.25, 0.3) is 0 Å². The number of carbonyl (C=O) groups is 2. The van der Waals surface area contributed by atoms with Crippen molar-refractivity contribution < 1.29 is 14.3 Å². The maximum atomic E-state index is 11.9. The van der Waals surface area contributed by atoms with Gasteiger partial charge in [-0.1, -0.05) is 41.7 Å². The van der Waals surface area contributed by atoms with E-state index in [1.165, 1.54) is 7.11 Å². The Morgan fingerprint density at radius 1 is 1.30 bits per heavy atom. The van der Waals surface area contributed by atoms with Gasteiger partial charge < -0.3 is 10.1 Å². The molecule has 0 fully saturated rings. The van der Waals surface area contributed by atoms with E-state index in [1.54, 1.807) is 6.92 Å². The number of rotatable bonds is 4. The van der Waals surface area contributed by atoms with Crippen LogP contribution >= 0.6 is 11.3 Å². The molecule has 0 unspecified atom stereocenters. The van der Waals surface area contributed by atoms with E-state index in [0.717, 1.165) is 16.9 Å². The minimum Gasteiger partial charge on any atom is -0.465 e. The van der Waals surface area contributed by atoms with Gasteiger partial charge in [-0.25, -0.2) is 9.78 Å². The number of nitrogens with zero attached hydrogens (tertiary/aromatic N) is 1. The van der Waals surface area contributed by atoms with Crippen molar-refractivity contribution in [3.63, 3.8) is 0 Å². The first-order valence-electron chi connectivity index (χ1n) is 5.99. The number of nitrogens with one attached hydrogen (secondary N) is 1. The first-order chi connectivity index (χ1) is 9.60. The highest BCUT2D eigenvalue weighted by Gasteiger charge is 2.16. The van der Waals surface area contributed by atoms with Crippen LogP contribution in [0.4, 0.5) is 5.13 Å². The Morgan fingerprint density at radius 3 is 2.65 bits per heavy atom. The van der Waals surface area contributed by atoms with Crippen LogP contribution in [0.5, 0.6) is 0 Å². The molecule has 1 amide bonds. The lowest BCUT2D eigenvalue weighted by molar-refractivity contribution is -0.115. The summed E-state index contributed by atoms with van der Waals surface area (Å²) in [6.45, 7) is 1.70. The minimum absolute atomic E-state index is 0.165. The van der Waals surface area contributed by atoms with E-state index in [0.29, 0.717) is 15.7 Å². The van der Waals surface area contributed by atoms with Gasteiger partial charge in [-0.15, -0.1) is 0 Å². The van der Waals surface area contributed by atoms with Crippen LogP contribution in [0, 0.1) is 6.92 Å². The zero-order valence-corrected chi connectivity index (χ0v) is 12.0. The van der Waals surface area contributed by atoms with Crippen LogP contribution in [-0.4, -0.2) is 24.0 Å². The van der Waals surface area contributed by atoms with E-state index in [9.17, 15) is 9.59 Å². The van der Waals surface area contributed by atoms with Crippen LogP contribution < -0.4 is 5.32 Å². The Kier molecular flexibility index (Phi) is 4.47. The predicted molar refractivity (Wildman–Crippen MR) is 77.0 cm³/mol. The highest BCUT2D eigenvalue weighted by atomic mass is 32.1. The molecule has 104 valence electrons. The van der Waals surface area contributed by atoms with Gasteiger partial charge in [0, 0.05) is 0 Å². The number of hydrogen-bond acceptors (Lipinski definition) is 5. The van der Waals surface area contributed by atoms with Gasteiger partial charge in [0.1, 0.15) is 4.88 Å². The van der Waals surface area contributed by atoms with Crippen molar-refractivity contribution in [2.45, 2.75) is 13.3 Å². The van der Waals surface area contributed by atoms with Gasteiger partial charge in [-0.2, -0.15) is 0 Å². The molecule has 0 aliphatic heterocycles. The third-order valence-electron chi connectivity index (χ3n) is 2.62. The molecular weight excluding hydrogens is 276 g/mol. The van der Waals surface area contributed by atoms with Gasteiger partial charge in [0.05, 0.1) is 19.2 Å². The average molecular weight is 290 g/mol. The van der Waals surface area contributed by atoms with Gasteiger partial charge in [-0.05, 0) is 12.5 Å². The summed E-state index contributed by atoms with van der Waals surface area (Å²) in [6, 6.07) is 9.42. The molecule has 1 aromatic heterocycles. The lowest BCUT2D eigenvalue weighted by Gasteiger charge is -2.01. The smallest absolute Gasteiger partial charge is 0.350 e. The number of hydrogen-bond donors (Lipinski definition) is 1. The normalized spacial score (nSPS) is 10.1. The van der Waals surface area contributed by atoms with Crippen molar-refractivity contribution in [3.05, 3.63) is 46.5 Å². The standard InChI is InChI=1S/C14H14N2O3S/c1-9-12(13(18)19-2)20-14(15-9)16-11(17)8-10-6-4-3-5-7-10/h3-7H,8H2,1-2H3,(H,15,16,17). The van der Waals surface area contributed by atoms with E-state index in [2.05, 4.69) is 15.0 Å². The van der Waals surface area contributed by atoms with E-state index in [4.69, 9.17) is 0 Å². The van der Waals surface area contributed by atoms with Crippen LogP contribution in [0.15, 0.2) is 30.3 Å². The SMILES string of the molecule is COC(=O)c1sc(NC(=O)Cc2ccccc2)nc1C. The quantitative estimate of drug-likeness (QED) is 0.878. The third kappa shape index (κ3) is 3.42. The summed E-state index contributed by atoms with van der Waals surface area (Å²) in [5.74, 6) is -0.607. The van der Waals surface area contributed by atoms with Crippen molar-refractivity contribution in [2.24, 2.45) is 0 Å². The number of aryl methyl sites for hydroxylation is 1. The Balaban J connectivity index is 2.03. The molecule has 20 heavy (non-hydrogen) atoms. The number of esters is 1. The largest absolute Gasteiger partial charge is 0.465 e. The molecule has 1 aromatic carbocycles. The molecule has 0 aliphatic carbocycles. The number of carbonyl (C=O) groups excluding carboxylic acids is 2. The third-order valence-corrected chi connectivity index (χ3v) is 3.67. The number of amides is 1. The van der Waals surface area contributed by atoms with E-state index >= 15 is 0 Å². The molecule has 6 heteroatoms. The summed E-state index contributed by atoms with van der Waals surface area (Å²) in [4.78, 5) is 27.9. The van der Waals surface area contributed by atoms with Gasteiger partial charge in [0.2, 0.25) is 5.91 Å². The second-order valence-corrected chi connectivity index (χ2v) is 5.13. The Labute approximate surface area is 120 Å². The molecular formula is C14H14N2O3S. The molecule has 5 nitrogen and oxygen atoms in total. The summed E-state index contributed by atoms with van der Waals surface area (Å²) in [5.41, 5.74) is 1.48. The molecule has 0 bridgehead atoms. The van der Waals surface area contributed by atoms with Gasteiger partial charge in [0.25, 0.3) is 0 Å². The topological polar surface area (TPSA) is 68.3 Å². The summed E-state index contributed by atoms with van der Waals surface area (Å²) in [5, 5.41) is 3.10. The van der Waals surface area contributed by atoms with E-state index in [1.807, 2.05) is 30.3 Å². The first kappa shape index (κ1) is 14.2. The van der Waals surface area contributed by atoms with Crippen LogP contribution in [0.2, 0.25) is 0 Å². The zero-order valence-electron chi connectivity index (χ0n) is 11.2. The molecule has 0 spiro atoms. The van der Waals surface area contributed by atoms with Crippen molar-refractivity contribution in [1.82, 2.24) is 4.98 Å². The number of benzene rings is 1. The van der Waals surface area contributed by atoms with E-state index in [-0.39, 0.29) is 12.3 Å². The highest BCUT2D eigenvalue weighted by Crippen LogP contribution is 2.23. The Morgan fingerprint density at radius 2 is 2.00 bits per heavy atom. The number of methoxy groups -OCH3 is 1. The Bertz CT molecular complexity index is 623. The van der Waals surface area contributed by atoms with Gasteiger partial charge in [0.15, 0.2) is 5.13 Å². The van der Waals surface area contributed by atoms with Crippen LogP contribution in [-0.2, 0) is 16.0 Å². The highest BCUT2D eigenvalue weighted by molar-refractivity contribution is 7.17. The lowest BCUT2D eigenvalue weighted by Crippen LogP contribution is -2.14. The monoisotopic (exact) mass is 290 g/mol. The fraction of sp³-hybridized carbons (Fsp3) is 0.214. The average Bonchev–Trinajstić information content (AvgIpc) is 2.79. The van der Waals surface area contributed by atoms with Crippen molar-refractivity contribution >= 4 is 28.3 Å². The van der Waals surface area contributed by atoms with Crippen LogP contribution in [0.1, 0.15) is 20.9 Å². The number of thiazole rings is 1. The van der Waals surface area contributed by atoms with Gasteiger partial charge >= 0.3 is 5.97 Å². The van der Waals surface area contributed by atoms with Crippen molar-refractivity contribution in [2.75, 3.05) is 12.4 Å². The fourth-order valence-corrected chi connectivity index (χ4v) is 2.58. The molecule has 1 N–H and O–H groups in total. The van der Waals surface area contributed by atoms with Crippen LogP contribution in [0.3, 0.4) is 0 Å². The molecule has 2 aromatic rings. The summed E-state index contributed by atoms with van der Waals surface area (Å²) in [7, 11) is 1.31. The molecule has 0 radical (unpaired) electrons. The molecule has 0 saturated carbocycles.